The van der Waals surface area contributed by atoms with Gasteiger partial charge in [-0.2, -0.15) is 0 Å². The topological polar surface area (TPSA) is 16.4 Å². The summed E-state index contributed by atoms with van der Waals surface area (Å²) >= 11 is 1.86. The molecule has 12 rings (SSSR count). The first kappa shape index (κ1) is 35.2. The number of fused-ring (bicyclic) bond motifs is 7. The van der Waals surface area contributed by atoms with Crippen LogP contribution < -0.4 is 4.90 Å². The van der Waals surface area contributed by atoms with E-state index in [4.69, 9.17) is 4.42 Å². The van der Waals surface area contributed by atoms with Crippen LogP contribution in [-0.2, 0) is 0 Å². The third-order valence-electron chi connectivity index (χ3n) is 12.0. The van der Waals surface area contributed by atoms with E-state index in [1.54, 1.807) is 0 Å². The van der Waals surface area contributed by atoms with E-state index in [1.807, 2.05) is 23.5 Å². The average Bonchev–Trinajstić information content (AvgIpc) is 3.90. The predicted octanol–water partition coefficient (Wildman–Crippen LogP) is 17.2. The summed E-state index contributed by atoms with van der Waals surface area (Å²) in [6, 6.07) is 81.4. The van der Waals surface area contributed by atoms with Crippen molar-refractivity contribution < 1.29 is 4.42 Å². The Kier molecular flexibility index (Phi) is 8.39. The van der Waals surface area contributed by atoms with Crippen molar-refractivity contribution >= 4 is 81.3 Å². The summed E-state index contributed by atoms with van der Waals surface area (Å²) in [5.74, 6) is 0. The Morgan fingerprint density at radius 3 is 1.54 bits per heavy atom. The number of hydrogen-bond acceptors (Lipinski definition) is 3. The minimum absolute atomic E-state index is 0.900. The van der Waals surface area contributed by atoms with Crippen LogP contribution in [0.5, 0.6) is 0 Å². The lowest BCUT2D eigenvalue weighted by molar-refractivity contribution is 0.669. The number of para-hydroxylation sites is 1. The Morgan fingerprint density at radius 1 is 0.279 bits per heavy atom. The van der Waals surface area contributed by atoms with Crippen LogP contribution in [-0.4, -0.2) is 0 Å². The minimum atomic E-state index is 0.900. The first-order valence-corrected chi connectivity index (χ1v) is 21.5. The standard InChI is InChI=1S/C58H37NOS/c1-2-10-38(11-3-1)40-18-25-48(26-19-40)59(50-29-22-39-12-4-5-13-42(39)35-50)49-27-20-41(21-28-49)45-32-46(43-23-30-56-53(36-43)51-14-6-8-16-55(51)60-56)34-47(33-45)44-24-31-58-54(37-44)52-15-7-9-17-57(52)61-58/h1-37H. The van der Waals surface area contributed by atoms with Gasteiger partial charge in [0, 0.05) is 48.0 Å². The Bertz CT molecular complexity index is 3450. The molecule has 0 saturated carbocycles. The number of hydrogen-bond donors (Lipinski definition) is 0. The molecule has 61 heavy (non-hydrogen) atoms. The van der Waals surface area contributed by atoms with Crippen molar-refractivity contribution in [3.05, 3.63) is 224 Å². The summed E-state index contributed by atoms with van der Waals surface area (Å²) in [5.41, 5.74) is 14.5. The van der Waals surface area contributed by atoms with Gasteiger partial charge in [0.05, 0.1) is 0 Å². The van der Waals surface area contributed by atoms with Crippen molar-refractivity contribution in [3.8, 4) is 44.5 Å². The van der Waals surface area contributed by atoms with E-state index in [9.17, 15) is 0 Å². The second-order valence-corrected chi connectivity index (χ2v) is 16.8. The van der Waals surface area contributed by atoms with Gasteiger partial charge in [-0.3, -0.25) is 0 Å². The van der Waals surface area contributed by atoms with Gasteiger partial charge in [-0.05, 0) is 146 Å². The monoisotopic (exact) mass is 795 g/mol. The molecule has 0 N–H and O–H groups in total. The van der Waals surface area contributed by atoms with Gasteiger partial charge >= 0.3 is 0 Å². The Hall–Kier alpha value is -7.72. The van der Waals surface area contributed by atoms with Gasteiger partial charge < -0.3 is 9.32 Å². The lowest BCUT2D eigenvalue weighted by atomic mass is 9.92. The van der Waals surface area contributed by atoms with Crippen LogP contribution >= 0.6 is 11.3 Å². The highest BCUT2D eigenvalue weighted by molar-refractivity contribution is 7.25. The van der Waals surface area contributed by atoms with E-state index < -0.39 is 0 Å². The zero-order valence-electron chi connectivity index (χ0n) is 33.1. The molecule has 0 saturated heterocycles. The zero-order valence-corrected chi connectivity index (χ0v) is 33.9. The Labute approximate surface area is 357 Å². The molecule has 286 valence electrons. The fourth-order valence-electron chi connectivity index (χ4n) is 8.94. The van der Waals surface area contributed by atoms with Gasteiger partial charge in [-0.25, -0.2) is 0 Å². The van der Waals surface area contributed by atoms with Crippen LogP contribution in [0.25, 0.3) is 97.4 Å². The summed E-state index contributed by atoms with van der Waals surface area (Å²) < 4.78 is 8.86. The third-order valence-corrected chi connectivity index (χ3v) is 13.2. The van der Waals surface area contributed by atoms with Crippen LogP contribution in [0.3, 0.4) is 0 Å². The van der Waals surface area contributed by atoms with Crippen LogP contribution in [0.1, 0.15) is 0 Å². The van der Waals surface area contributed by atoms with Crippen LogP contribution in [0.15, 0.2) is 229 Å². The number of thiophene rings is 1. The van der Waals surface area contributed by atoms with Crippen molar-refractivity contribution in [2.24, 2.45) is 0 Å². The summed E-state index contributed by atoms with van der Waals surface area (Å²) in [4.78, 5) is 2.36. The van der Waals surface area contributed by atoms with Crippen molar-refractivity contribution in [1.29, 1.82) is 0 Å². The predicted molar refractivity (Wildman–Crippen MR) is 261 cm³/mol. The summed E-state index contributed by atoms with van der Waals surface area (Å²) in [6.07, 6.45) is 0. The SMILES string of the molecule is c1ccc(-c2ccc(N(c3ccc(-c4cc(-c5ccc6oc7ccccc7c6c5)cc(-c5ccc6sc7ccccc7c6c5)c4)cc3)c3ccc4ccccc4c3)cc2)cc1. The maximum atomic E-state index is 6.24. The normalized spacial score (nSPS) is 11.6. The highest BCUT2D eigenvalue weighted by Crippen LogP contribution is 2.42. The van der Waals surface area contributed by atoms with Crippen molar-refractivity contribution in [1.82, 2.24) is 0 Å². The molecule has 3 heteroatoms. The molecule has 0 atom stereocenters. The quantitative estimate of drug-likeness (QED) is 0.160. The smallest absolute Gasteiger partial charge is 0.135 e. The van der Waals surface area contributed by atoms with E-state index in [0.29, 0.717) is 0 Å². The summed E-state index contributed by atoms with van der Waals surface area (Å²) in [5, 5.41) is 7.30. The third kappa shape index (κ3) is 6.35. The molecule has 0 unspecified atom stereocenters. The second-order valence-electron chi connectivity index (χ2n) is 15.7. The molecule has 0 aliphatic rings. The average molecular weight is 796 g/mol. The molecule has 12 aromatic rings. The lowest BCUT2D eigenvalue weighted by Crippen LogP contribution is -2.09. The van der Waals surface area contributed by atoms with Crippen molar-refractivity contribution in [3.63, 3.8) is 0 Å². The first-order valence-electron chi connectivity index (χ1n) is 20.7. The van der Waals surface area contributed by atoms with Crippen molar-refractivity contribution in [2.45, 2.75) is 0 Å². The molecule has 0 fully saturated rings. The van der Waals surface area contributed by atoms with Crippen LogP contribution in [0.2, 0.25) is 0 Å². The molecular weight excluding hydrogens is 759 g/mol. The molecule has 2 heterocycles. The Morgan fingerprint density at radius 2 is 0.787 bits per heavy atom. The van der Waals surface area contributed by atoms with Gasteiger partial charge in [0.15, 0.2) is 0 Å². The number of nitrogens with zero attached hydrogens (tertiary/aromatic N) is 1. The molecule has 0 spiro atoms. The molecule has 0 aliphatic heterocycles. The molecule has 0 radical (unpaired) electrons. The minimum Gasteiger partial charge on any atom is -0.456 e. The summed E-state index contributed by atoms with van der Waals surface area (Å²) in [7, 11) is 0. The second kappa shape index (κ2) is 14.5. The maximum Gasteiger partial charge on any atom is 0.135 e. The first-order chi connectivity index (χ1) is 30.2. The van der Waals surface area contributed by atoms with E-state index in [1.165, 1.54) is 53.2 Å². The zero-order chi connectivity index (χ0) is 40.3. The Balaban J connectivity index is 0.987. The van der Waals surface area contributed by atoms with E-state index in [0.717, 1.165) is 61.3 Å². The van der Waals surface area contributed by atoms with Gasteiger partial charge in [-0.15, -0.1) is 11.3 Å². The molecule has 2 aromatic heterocycles. The van der Waals surface area contributed by atoms with E-state index in [-0.39, 0.29) is 0 Å². The van der Waals surface area contributed by atoms with Gasteiger partial charge in [0.25, 0.3) is 0 Å². The van der Waals surface area contributed by atoms with Gasteiger partial charge in [-0.1, -0.05) is 133 Å². The number of rotatable bonds is 7. The van der Waals surface area contributed by atoms with Crippen LogP contribution in [0.4, 0.5) is 17.1 Å². The maximum absolute atomic E-state index is 6.24. The molecule has 0 amide bonds. The molecule has 10 aromatic carbocycles. The van der Waals surface area contributed by atoms with E-state index in [2.05, 4.69) is 217 Å². The van der Waals surface area contributed by atoms with E-state index >= 15 is 0 Å². The molecular formula is C58H37NOS. The van der Waals surface area contributed by atoms with Crippen molar-refractivity contribution in [2.75, 3.05) is 4.90 Å². The molecule has 2 nitrogen and oxygen atoms in total. The van der Waals surface area contributed by atoms with Gasteiger partial charge in [0.1, 0.15) is 11.2 Å². The highest BCUT2D eigenvalue weighted by atomic mass is 32.1. The number of furan rings is 1. The number of benzene rings is 10. The fourth-order valence-corrected chi connectivity index (χ4v) is 10.0. The highest BCUT2D eigenvalue weighted by Gasteiger charge is 2.16. The summed E-state index contributed by atoms with van der Waals surface area (Å²) in [6.45, 7) is 0. The van der Waals surface area contributed by atoms with Crippen LogP contribution in [0, 0.1) is 0 Å². The van der Waals surface area contributed by atoms with Gasteiger partial charge in [0.2, 0.25) is 0 Å². The molecule has 0 aliphatic carbocycles. The number of anilines is 3. The largest absolute Gasteiger partial charge is 0.456 e. The lowest BCUT2D eigenvalue weighted by Gasteiger charge is -2.26. The molecule has 0 bridgehead atoms. The fraction of sp³-hybridized carbons (Fsp3) is 0.